The van der Waals surface area contributed by atoms with Crippen LogP contribution in [0.3, 0.4) is 0 Å². The Morgan fingerprint density at radius 1 is 1.38 bits per heavy atom. The molecular formula is C16H11ClF2N2O3. The number of esters is 1. The predicted octanol–water partition coefficient (Wildman–Crippen LogP) is 3.20. The van der Waals surface area contributed by atoms with Crippen LogP contribution in [0.25, 0.3) is 21.8 Å². The zero-order valence-corrected chi connectivity index (χ0v) is 13.4. The molecule has 1 aromatic carbocycles. The fourth-order valence-corrected chi connectivity index (χ4v) is 2.71. The van der Waals surface area contributed by atoms with Gasteiger partial charge in [0.25, 0.3) is 0 Å². The Bertz CT molecular complexity index is 1060. The van der Waals surface area contributed by atoms with Crippen molar-refractivity contribution in [2.24, 2.45) is 7.05 Å². The van der Waals surface area contributed by atoms with Crippen LogP contribution < -0.4 is 5.43 Å². The highest BCUT2D eigenvalue weighted by atomic mass is 35.5. The van der Waals surface area contributed by atoms with E-state index >= 15 is 0 Å². The minimum Gasteiger partial charge on any atom is -0.461 e. The molecule has 0 radical (unpaired) electrons. The fourth-order valence-electron chi connectivity index (χ4n) is 2.57. The van der Waals surface area contributed by atoms with Gasteiger partial charge < -0.3 is 9.30 Å². The molecule has 0 aliphatic rings. The normalized spacial score (nSPS) is 11.2. The average molecular weight is 353 g/mol. The maximum atomic E-state index is 14.1. The van der Waals surface area contributed by atoms with Crippen LogP contribution >= 0.6 is 11.6 Å². The van der Waals surface area contributed by atoms with Crippen molar-refractivity contribution >= 4 is 39.4 Å². The van der Waals surface area contributed by atoms with E-state index in [2.05, 4.69) is 4.98 Å². The lowest BCUT2D eigenvalue weighted by molar-refractivity contribution is 0.0515. The number of rotatable bonds is 2. The number of hydrogen-bond donors (Lipinski definition) is 0. The van der Waals surface area contributed by atoms with Crippen LogP contribution in [0.2, 0.25) is 5.02 Å². The first kappa shape index (κ1) is 16.3. The molecule has 0 bridgehead atoms. The van der Waals surface area contributed by atoms with E-state index in [1.165, 1.54) is 17.8 Å². The van der Waals surface area contributed by atoms with Gasteiger partial charge in [0, 0.05) is 18.5 Å². The molecule has 24 heavy (non-hydrogen) atoms. The summed E-state index contributed by atoms with van der Waals surface area (Å²) in [5, 5.41) is -0.651. The molecule has 0 fully saturated rings. The lowest BCUT2D eigenvalue weighted by Gasteiger charge is -2.13. The average Bonchev–Trinajstić information content (AvgIpc) is 2.55. The number of fused-ring (bicyclic) bond motifs is 3. The van der Waals surface area contributed by atoms with Gasteiger partial charge >= 0.3 is 5.97 Å². The second-order valence-corrected chi connectivity index (χ2v) is 5.45. The van der Waals surface area contributed by atoms with Gasteiger partial charge in [-0.1, -0.05) is 11.6 Å². The van der Waals surface area contributed by atoms with Gasteiger partial charge in [0.2, 0.25) is 0 Å². The zero-order valence-electron chi connectivity index (χ0n) is 12.7. The molecule has 2 heterocycles. The first-order chi connectivity index (χ1) is 11.4. The second kappa shape index (κ2) is 5.83. The zero-order chi connectivity index (χ0) is 17.6. The third kappa shape index (κ3) is 2.32. The van der Waals surface area contributed by atoms with Gasteiger partial charge in [-0.05, 0) is 13.0 Å². The molecule has 2 aromatic heterocycles. The number of carbonyl (C=O) groups is 1. The minimum atomic E-state index is -1.04. The number of pyridine rings is 2. The molecule has 5 nitrogen and oxygen atoms in total. The Morgan fingerprint density at radius 2 is 2.08 bits per heavy atom. The van der Waals surface area contributed by atoms with Crippen molar-refractivity contribution in [2.75, 3.05) is 6.61 Å². The summed E-state index contributed by atoms with van der Waals surface area (Å²) >= 11 is 5.55. The second-order valence-electron chi connectivity index (χ2n) is 5.07. The summed E-state index contributed by atoms with van der Waals surface area (Å²) < 4.78 is 34.2. The molecule has 0 amide bonds. The van der Waals surface area contributed by atoms with E-state index in [-0.39, 0.29) is 34.1 Å². The molecule has 3 rings (SSSR count). The van der Waals surface area contributed by atoms with Gasteiger partial charge in [0.05, 0.1) is 23.7 Å². The van der Waals surface area contributed by atoms with E-state index in [9.17, 15) is 18.4 Å². The number of halogens is 3. The van der Waals surface area contributed by atoms with E-state index in [1.807, 2.05) is 0 Å². The van der Waals surface area contributed by atoms with Gasteiger partial charge in [0.15, 0.2) is 11.2 Å². The maximum absolute atomic E-state index is 14.1. The topological polar surface area (TPSA) is 61.2 Å². The van der Waals surface area contributed by atoms with E-state index in [4.69, 9.17) is 16.3 Å². The summed E-state index contributed by atoms with van der Waals surface area (Å²) in [5.74, 6) is -2.70. The highest BCUT2D eigenvalue weighted by Crippen LogP contribution is 2.29. The Hall–Kier alpha value is -2.54. The van der Waals surface area contributed by atoms with Crippen LogP contribution in [-0.2, 0) is 11.8 Å². The summed E-state index contributed by atoms with van der Waals surface area (Å²) in [6.45, 7) is 1.79. The summed E-state index contributed by atoms with van der Waals surface area (Å²) in [7, 11) is 1.53. The Kier molecular flexibility index (Phi) is 3.96. The summed E-state index contributed by atoms with van der Waals surface area (Å²) in [6.07, 6.45) is 1.24. The van der Waals surface area contributed by atoms with E-state index in [0.717, 1.165) is 12.1 Å². The van der Waals surface area contributed by atoms with Crippen LogP contribution in [0.5, 0.6) is 0 Å². The largest absolute Gasteiger partial charge is 0.461 e. The molecule has 0 spiro atoms. The lowest BCUT2D eigenvalue weighted by Crippen LogP contribution is -2.18. The smallest absolute Gasteiger partial charge is 0.355 e. The van der Waals surface area contributed by atoms with Crippen molar-refractivity contribution in [1.82, 2.24) is 9.55 Å². The van der Waals surface area contributed by atoms with Gasteiger partial charge in [0.1, 0.15) is 22.1 Å². The number of carbonyl (C=O) groups excluding carboxylic acids is 1. The van der Waals surface area contributed by atoms with Gasteiger partial charge in [-0.15, -0.1) is 0 Å². The predicted molar refractivity (Wildman–Crippen MR) is 85.4 cm³/mol. The van der Waals surface area contributed by atoms with Gasteiger partial charge in [-0.3, -0.25) is 9.78 Å². The highest BCUT2D eigenvalue weighted by molar-refractivity contribution is 6.31. The number of ether oxygens (including phenoxy) is 1. The van der Waals surface area contributed by atoms with Crippen molar-refractivity contribution < 1.29 is 18.3 Å². The first-order valence-corrected chi connectivity index (χ1v) is 7.37. The van der Waals surface area contributed by atoms with E-state index in [1.54, 1.807) is 6.92 Å². The van der Waals surface area contributed by atoms with Crippen LogP contribution in [0.1, 0.15) is 17.4 Å². The molecule has 0 saturated carbocycles. The fraction of sp³-hybridized carbons (Fsp3) is 0.188. The molecular weight excluding hydrogens is 342 g/mol. The third-order valence-corrected chi connectivity index (χ3v) is 4.05. The standard InChI is InChI=1S/C16H11ClF2N2O3/c1-3-24-16(23)9-5-11(22)12-7-4-8(18)13(17)14(19)15(7)20-6-10(12)21(9)2/h4-6H,3H2,1-2H3. The summed E-state index contributed by atoms with van der Waals surface area (Å²) in [6, 6.07) is 2.03. The molecule has 8 heteroatoms. The van der Waals surface area contributed by atoms with Crippen molar-refractivity contribution in [2.45, 2.75) is 6.92 Å². The van der Waals surface area contributed by atoms with E-state index in [0.29, 0.717) is 0 Å². The molecule has 3 aromatic rings. The molecule has 0 aliphatic carbocycles. The summed E-state index contributed by atoms with van der Waals surface area (Å²) in [5.41, 5.74) is -0.515. The molecule has 0 N–H and O–H groups in total. The number of aryl methyl sites for hydroxylation is 1. The van der Waals surface area contributed by atoms with Crippen LogP contribution in [-0.4, -0.2) is 22.1 Å². The number of hydrogen-bond acceptors (Lipinski definition) is 4. The Morgan fingerprint density at radius 3 is 2.75 bits per heavy atom. The molecule has 124 valence electrons. The SMILES string of the molecule is CCOC(=O)c1cc(=O)c2c3cc(F)c(Cl)c(F)c3ncc2n1C. The highest BCUT2D eigenvalue weighted by Gasteiger charge is 2.20. The molecule has 0 unspecified atom stereocenters. The van der Waals surface area contributed by atoms with E-state index < -0.39 is 28.1 Å². The van der Waals surface area contributed by atoms with Gasteiger partial charge in [-0.25, -0.2) is 13.6 Å². The molecule has 0 saturated heterocycles. The quantitative estimate of drug-likeness (QED) is 0.404. The molecule has 0 aliphatic heterocycles. The van der Waals surface area contributed by atoms with Crippen LogP contribution in [0.15, 0.2) is 23.1 Å². The van der Waals surface area contributed by atoms with Crippen molar-refractivity contribution in [1.29, 1.82) is 0 Å². The maximum Gasteiger partial charge on any atom is 0.355 e. The number of aromatic nitrogens is 2. The number of benzene rings is 1. The third-order valence-electron chi connectivity index (χ3n) is 3.70. The van der Waals surface area contributed by atoms with Crippen molar-refractivity contribution in [3.8, 4) is 0 Å². The van der Waals surface area contributed by atoms with Crippen LogP contribution in [0.4, 0.5) is 8.78 Å². The minimum absolute atomic E-state index is 0.0112. The van der Waals surface area contributed by atoms with Crippen molar-refractivity contribution in [3.63, 3.8) is 0 Å². The lowest BCUT2D eigenvalue weighted by atomic mass is 10.1. The Balaban J connectivity index is 2.46. The van der Waals surface area contributed by atoms with Crippen LogP contribution in [0, 0.1) is 11.6 Å². The van der Waals surface area contributed by atoms with Crippen molar-refractivity contribution in [3.05, 3.63) is 50.9 Å². The monoisotopic (exact) mass is 352 g/mol. The first-order valence-electron chi connectivity index (χ1n) is 6.99. The van der Waals surface area contributed by atoms with Gasteiger partial charge in [-0.2, -0.15) is 0 Å². The molecule has 0 atom stereocenters. The summed E-state index contributed by atoms with van der Waals surface area (Å²) in [4.78, 5) is 28.3. The Labute approximate surface area is 139 Å². The number of nitrogens with zero attached hydrogens (tertiary/aromatic N) is 2.